The second-order valence-electron chi connectivity index (χ2n) is 3.89. The van der Waals surface area contributed by atoms with E-state index in [9.17, 15) is 8.42 Å². The molecule has 0 amide bonds. The first-order chi connectivity index (χ1) is 7.08. The minimum Gasteiger partial charge on any atom is -0.243 e. The molecule has 2 rings (SSSR count). The molecule has 1 fully saturated rings. The van der Waals surface area contributed by atoms with E-state index in [1.807, 2.05) is 0 Å². The van der Waals surface area contributed by atoms with Crippen LogP contribution in [0.2, 0.25) is 5.15 Å². The molecule has 1 heterocycles. The van der Waals surface area contributed by atoms with Crippen LogP contribution >= 0.6 is 11.6 Å². The van der Waals surface area contributed by atoms with Gasteiger partial charge in [0.1, 0.15) is 5.15 Å². The Hall–Kier alpha value is -0.610. The van der Waals surface area contributed by atoms with Gasteiger partial charge in [0.15, 0.2) is 9.84 Å². The van der Waals surface area contributed by atoms with Crippen molar-refractivity contribution in [3.63, 3.8) is 0 Å². The summed E-state index contributed by atoms with van der Waals surface area (Å²) in [5.41, 5.74) is 0. The van der Waals surface area contributed by atoms with Crippen molar-refractivity contribution in [3.8, 4) is 0 Å². The molecule has 0 unspecified atom stereocenters. The molecule has 0 atom stereocenters. The van der Waals surface area contributed by atoms with Gasteiger partial charge in [0.2, 0.25) is 0 Å². The summed E-state index contributed by atoms with van der Waals surface area (Å²) in [5.74, 6) is 0.585. The molecular weight excluding hydrogens is 234 g/mol. The molecule has 0 radical (unpaired) electrons. The van der Waals surface area contributed by atoms with Gasteiger partial charge in [-0.15, -0.1) is 0 Å². The first-order valence-electron chi connectivity index (χ1n) is 4.92. The van der Waals surface area contributed by atoms with Crippen LogP contribution in [0.25, 0.3) is 0 Å². The van der Waals surface area contributed by atoms with Crippen LogP contribution < -0.4 is 0 Å². The van der Waals surface area contributed by atoms with Gasteiger partial charge in [-0.25, -0.2) is 13.4 Å². The summed E-state index contributed by atoms with van der Waals surface area (Å²) in [7, 11) is -3.16. The van der Waals surface area contributed by atoms with E-state index in [4.69, 9.17) is 11.6 Å². The Labute approximate surface area is 94.4 Å². The predicted octanol–water partition coefficient (Wildman–Crippen LogP) is 2.31. The molecule has 0 aliphatic heterocycles. The maximum atomic E-state index is 11.9. The van der Waals surface area contributed by atoms with E-state index in [0.717, 1.165) is 19.3 Å². The van der Waals surface area contributed by atoms with E-state index in [0.29, 0.717) is 11.1 Å². The second kappa shape index (κ2) is 4.10. The molecular formula is C10H12ClNO2S. The molecule has 0 spiro atoms. The van der Waals surface area contributed by atoms with E-state index in [2.05, 4.69) is 4.98 Å². The molecule has 0 N–H and O–H groups in total. The largest absolute Gasteiger partial charge is 0.243 e. The fraction of sp³-hybridized carbons (Fsp3) is 0.500. The Morgan fingerprint density at radius 3 is 2.60 bits per heavy atom. The van der Waals surface area contributed by atoms with Gasteiger partial charge in [0.05, 0.1) is 10.6 Å². The van der Waals surface area contributed by atoms with Crippen molar-refractivity contribution in [1.29, 1.82) is 0 Å². The third-order valence-electron chi connectivity index (χ3n) is 2.74. The number of sulfone groups is 1. The van der Waals surface area contributed by atoms with Gasteiger partial charge in [-0.3, -0.25) is 0 Å². The van der Waals surface area contributed by atoms with Crippen LogP contribution in [-0.4, -0.2) is 19.2 Å². The van der Waals surface area contributed by atoms with E-state index >= 15 is 0 Å². The van der Waals surface area contributed by atoms with Crippen LogP contribution in [0.15, 0.2) is 23.2 Å². The van der Waals surface area contributed by atoms with Gasteiger partial charge >= 0.3 is 0 Å². The molecule has 5 heteroatoms. The van der Waals surface area contributed by atoms with Crippen molar-refractivity contribution in [2.45, 2.75) is 24.2 Å². The summed E-state index contributed by atoms with van der Waals surface area (Å²) in [6.45, 7) is 0. The zero-order valence-corrected chi connectivity index (χ0v) is 9.76. The fourth-order valence-electron chi connectivity index (χ4n) is 1.61. The van der Waals surface area contributed by atoms with Gasteiger partial charge in [0.25, 0.3) is 0 Å². The third kappa shape index (κ3) is 2.49. The monoisotopic (exact) mass is 245 g/mol. The number of hydrogen-bond donors (Lipinski definition) is 0. The summed E-state index contributed by atoms with van der Waals surface area (Å²) in [6, 6.07) is 3.03. The highest BCUT2D eigenvalue weighted by molar-refractivity contribution is 7.91. The average molecular weight is 246 g/mol. The predicted molar refractivity (Wildman–Crippen MR) is 58.6 cm³/mol. The third-order valence-corrected chi connectivity index (χ3v) is 4.83. The highest BCUT2D eigenvalue weighted by Crippen LogP contribution is 2.29. The lowest BCUT2D eigenvalue weighted by atomic mass is 9.87. The van der Waals surface area contributed by atoms with Crippen molar-refractivity contribution >= 4 is 21.4 Å². The van der Waals surface area contributed by atoms with Crippen LogP contribution in [0, 0.1) is 5.92 Å². The number of nitrogens with zero attached hydrogens (tertiary/aromatic N) is 1. The number of aromatic nitrogens is 1. The lowest BCUT2D eigenvalue weighted by molar-refractivity contribution is 0.347. The van der Waals surface area contributed by atoms with E-state index in [1.165, 1.54) is 18.3 Å². The van der Waals surface area contributed by atoms with Crippen molar-refractivity contribution in [2.24, 2.45) is 5.92 Å². The Balaban J connectivity index is 2.17. The number of hydrogen-bond acceptors (Lipinski definition) is 3. The number of rotatable bonds is 3. The summed E-state index contributed by atoms with van der Waals surface area (Å²) in [6.07, 6.45) is 4.54. The minimum absolute atomic E-state index is 0.246. The Morgan fingerprint density at radius 2 is 2.13 bits per heavy atom. The first-order valence-corrected chi connectivity index (χ1v) is 6.95. The highest BCUT2D eigenvalue weighted by atomic mass is 35.5. The molecule has 0 bridgehead atoms. The average Bonchev–Trinajstić information content (AvgIpc) is 2.13. The summed E-state index contributed by atoms with van der Waals surface area (Å²) < 4.78 is 23.7. The highest BCUT2D eigenvalue weighted by Gasteiger charge is 2.25. The number of pyridine rings is 1. The van der Waals surface area contributed by atoms with E-state index in [1.54, 1.807) is 0 Å². The van der Waals surface area contributed by atoms with Crippen LogP contribution in [0.1, 0.15) is 19.3 Å². The standard InChI is InChI=1S/C10H12ClNO2S/c11-10-5-4-9(6-12-10)15(13,14)7-8-2-1-3-8/h4-6,8H,1-3,7H2. The fourth-order valence-corrected chi connectivity index (χ4v) is 3.36. The second-order valence-corrected chi connectivity index (χ2v) is 6.32. The molecule has 1 aromatic rings. The molecule has 0 saturated heterocycles. The van der Waals surface area contributed by atoms with Crippen molar-refractivity contribution < 1.29 is 8.42 Å². The van der Waals surface area contributed by atoms with Gasteiger partial charge in [-0.1, -0.05) is 18.0 Å². The smallest absolute Gasteiger partial charge is 0.180 e. The quantitative estimate of drug-likeness (QED) is 0.768. The molecule has 3 nitrogen and oxygen atoms in total. The van der Waals surface area contributed by atoms with Crippen LogP contribution in [0.5, 0.6) is 0 Å². The Kier molecular flexibility index (Phi) is 2.98. The molecule has 1 saturated carbocycles. The van der Waals surface area contributed by atoms with Gasteiger partial charge < -0.3 is 0 Å². The SMILES string of the molecule is O=S(=O)(CC1CCC1)c1ccc(Cl)nc1. The van der Waals surface area contributed by atoms with Crippen molar-refractivity contribution in [1.82, 2.24) is 4.98 Å². The van der Waals surface area contributed by atoms with E-state index in [-0.39, 0.29) is 10.6 Å². The first kappa shape index (κ1) is 10.9. The molecule has 1 aliphatic carbocycles. The molecule has 1 aromatic heterocycles. The molecule has 1 aliphatic rings. The van der Waals surface area contributed by atoms with Gasteiger partial charge in [-0.2, -0.15) is 0 Å². The minimum atomic E-state index is -3.16. The van der Waals surface area contributed by atoms with Crippen LogP contribution in [0.3, 0.4) is 0 Å². The zero-order valence-electron chi connectivity index (χ0n) is 8.19. The molecule has 0 aromatic carbocycles. The van der Waals surface area contributed by atoms with Gasteiger partial charge in [-0.05, 0) is 30.9 Å². The summed E-state index contributed by atoms with van der Waals surface area (Å²) in [5, 5.41) is 0.317. The van der Waals surface area contributed by atoms with Crippen LogP contribution in [-0.2, 0) is 9.84 Å². The lowest BCUT2D eigenvalue weighted by Crippen LogP contribution is -2.22. The van der Waals surface area contributed by atoms with Crippen molar-refractivity contribution in [2.75, 3.05) is 5.75 Å². The Morgan fingerprint density at radius 1 is 1.40 bits per heavy atom. The summed E-state index contributed by atoms with van der Waals surface area (Å²) >= 11 is 5.60. The zero-order chi connectivity index (χ0) is 10.9. The van der Waals surface area contributed by atoms with Gasteiger partial charge in [0, 0.05) is 6.20 Å². The maximum absolute atomic E-state index is 11.9. The summed E-state index contributed by atoms with van der Waals surface area (Å²) in [4.78, 5) is 4.06. The molecule has 15 heavy (non-hydrogen) atoms. The lowest BCUT2D eigenvalue weighted by Gasteiger charge is -2.24. The number of halogens is 1. The maximum Gasteiger partial charge on any atom is 0.180 e. The normalized spacial score (nSPS) is 17.4. The van der Waals surface area contributed by atoms with Crippen LogP contribution in [0.4, 0.5) is 0 Å². The van der Waals surface area contributed by atoms with E-state index < -0.39 is 9.84 Å². The van der Waals surface area contributed by atoms with Crippen molar-refractivity contribution in [3.05, 3.63) is 23.5 Å². The Bertz CT molecular complexity index is 437. The molecule has 82 valence electrons. The topological polar surface area (TPSA) is 47.0 Å².